The van der Waals surface area contributed by atoms with E-state index in [0.717, 1.165) is 18.3 Å². The normalized spacial score (nSPS) is 52.5. The minimum Gasteiger partial charge on any atom is -0.393 e. The van der Waals surface area contributed by atoms with Gasteiger partial charge in [-0.2, -0.15) is 0 Å². The Morgan fingerprint density at radius 3 is 2.57 bits per heavy atom. The Balaban J connectivity index is 1.81. The van der Waals surface area contributed by atoms with Gasteiger partial charge in [0.15, 0.2) is 0 Å². The van der Waals surface area contributed by atoms with Crippen LogP contribution in [0.5, 0.6) is 0 Å². The maximum absolute atomic E-state index is 10.1. The van der Waals surface area contributed by atoms with Gasteiger partial charge in [0.05, 0.1) is 6.10 Å². The van der Waals surface area contributed by atoms with Crippen LogP contribution in [0, 0.1) is 17.8 Å². The lowest BCUT2D eigenvalue weighted by atomic mass is 9.63. The molecule has 0 amide bonds. The fraction of sp³-hybridized carbons (Fsp3) is 1.00. The lowest BCUT2D eigenvalue weighted by molar-refractivity contribution is -0.0262. The molecule has 5 atom stereocenters. The predicted molar refractivity (Wildman–Crippen MR) is 56.0 cm³/mol. The van der Waals surface area contributed by atoms with Gasteiger partial charge < -0.3 is 10.4 Å². The van der Waals surface area contributed by atoms with E-state index in [-0.39, 0.29) is 6.10 Å². The number of nitrogens with one attached hydrogen (secondary N) is 1. The summed E-state index contributed by atoms with van der Waals surface area (Å²) < 4.78 is 0. The van der Waals surface area contributed by atoms with Gasteiger partial charge in [-0.25, -0.2) is 0 Å². The molecule has 0 aromatic heterocycles. The van der Waals surface area contributed by atoms with Crippen molar-refractivity contribution in [1.82, 2.24) is 5.32 Å². The molecule has 2 nitrogen and oxygen atoms in total. The molecular formula is C12H21NO. The smallest absolute Gasteiger partial charge is 0.0586 e. The molecule has 80 valence electrons. The summed E-state index contributed by atoms with van der Waals surface area (Å²) >= 11 is 0. The van der Waals surface area contributed by atoms with E-state index in [9.17, 15) is 5.11 Å². The first-order valence-electron chi connectivity index (χ1n) is 6.28. The van der Waals surface area contributed by atoms with Gasteiger partial charge in [-0.15, -0.1) is 0 Å². The molecule has 0 aromatic rings. The summed E-state index contributed by atoms with van der Waals surface area (Å²) in [6.07, 6.45) is 7.79. The molecule has 0 aromatic carbocycles. The molecule has 3 fully saturated rings. The Bertz CT molecular complexity index is 216. The van der Waals surface area contributed by atoms with Crippen LogP contribution in [-0.2, 0) is 0 Å². The third kappa shape index (κ3) is 1.31. The standard InChI is InChI=1S/C12H21NO/c14-12-7-11-9(5-6-13-11)8-3-1-2-4-10(8)12/h8-14H,1-7H2/t8?,9-,10+,11?,12?/m1/s1. The van der Waals surface area contributed by atoms with Crippen molar-refractivity contribution in [2.24, 2.45) is 17.8 Å². The molecule has 1 aliphatic heterocycles. The largest absolute Gasteiger partial charge is 0.393 e. The first-order valence-corrected chi connectivity index (χ1v) is 6.28. The van der Waals surface area contributed by atoms with E-state index >= 15 is 0 Å². The minimum atomic E-state index is -0.00727. The van der Waals surface area contributed by atoms with Crippen LogP contribution in [0.2, 0.25) is 0 Å². The maximum Gasteiger partial charge on any atom is 0.0586 e. The van der Waals surface area contributed by atoms with Gasteiger partial charge in [0.25, 0.3) is 0 Å². The number of rotatable bonds is 0. The number of aliphatic hydroxyl groups is 1. The van der Waals surface area contributed by atoms with Crippen LogP contribution in [0.3, 0.4) is 0 Å². The average molecular weight is 195 g/mol. The van der Waals surface area contributed by atoms with Gasteiger partial charge in [-0.1, -0.05) is 12.8 Å². The van der Waals surface area contributed by atoms with Gasteiger partial charge in [0.1, 0.15) is 0 Å². The van der Waals surface area contributed by atoms with Crippen LogP contribution in [0.1, 0.15) is 38.5 Å². The van der Waals surface area contributed by atoms with Gasteiger partial charge >= 0.3 is 0 Å². The summed E-state index contributed by atoms with van der Waals surface area (Å²) in [4.78, 5) is 0. The molecule has 2 heteroatoms. The van der Waals surface area contributed by atoms with Crippen molar-refractivity contribution in [3.05, 3.63) is 0 Å². The number of fused-ring (bicyclic) bond motifs is 3. The third-order valence-electron chi connectivity index (χ3n) is 4.82. The summed E-state index contributed by atoms with van der Waals surface area (Å²) in [6.45, 7) is 1.19. The van der Waals surface area contributed by atoms with Crippen LogP contribution in [-0.4, -0.2) is 23.8 Å². The van der Waals surface area contributed by atoms with Crippen LogP contribution < -0.4 is 5.32 Å². The van der Waals surface area contributed by atoms with E-state index in [1.165, 1.54) is 38.6 Å². The average Bonchev–Trinajstić information content (AvgIpc) is 2.66. The maximum atomic E-state index is 10.1. The summed E-state index contributed by atoms with van der Waals surface area (Å²) in [7, 11) is 0. The van der Waals surface area contributed by atoms with Crippen molar-refractivity contribution < 1.29 is 5.11 Å². The summed E-state index contributed by atoms with van der Waals surface area (Å²) in [6, 6.07) is 0.643. The first kappa shape index (κ1) is 9.17. The summed E-state index contributed by atoms with van der Waals surface area (Å²) in [5.41, 5.74) is 0. The van der Waals surface area contributed by atoms with Crippen molar-refractivity contribution in [2.45, 2.75) is 50.7 Å². The van der Waals surface area contributed by atoms with Crippen molar-refractivity contribution in [1.29, 1.82) is 0 Å². The second-order valence-electron chi connectivity index (χ2n) is 5.43. The summed E-state index contributed by atoms with van der Waals surface area (Å²) in [5.74, 6) is 2.38. The number of hydrogen-bond acceptors (Lipinski definition) is 2. The Labute approximate surface area is 86.1 Å². The van der Waals surface area contributed by atoms with E-state index in [4.69, 9.17) is 0 Å². The third-order valence-corrected chi connectivity index (χ3v) is 4.82. The van der Waals surface area contributed by atoms with E-state index in [0.29, 0.717) is 12.0 Å². The molecule has 2 saturated carbocycles. The molecule has 0 spiro atoms. The van der Waals surface area contributed by atoms with Crippen LogP contribution in [0.15, 0.2) is 0 Å². The van der Waals surface area contributed by atoms with Crippen LogP contribution in [0.4, 0.5) is 0 Å². The monoisotopic (exact) mass is 195 g/mol. The van der Waals surface area contributed by atoms with E-state index in [1.807, 2.05) is 0 Å². The minimum absolute atomic E-state index is 0.00727. The fourth-order valence-corrected chi connectivity index (χ4v) is 4.19. The molecular weight excluding hydrogens is 174 g/mol. The Morgan fingerprint density at radius 1 is 0.929 bits per heavy atom. The van der Waals surface area contributed by atoms with Gasteiger partial charge in [-0.05, 0) is 50.0 Å². The lowest BCUT2D eigenvalue weighted by Gasteiger charge is -2.45. The molecule has 1 heterocycles. The van der Waals surface area contributed by atoms with Crippen molar-refractivity contribution >= 4 is 0 Å². The van der Waals surface area contributed by atoms with E-state index in [2.05, 4.69) is 5.32 Å². The quantitative estimate of drug-likeness (QED) is 0.614. The highest BCUT2D eigenvalue weighted by Crippen LogP contribution is 2.46. The lowest BCUT2D eigenvalue weighted by Crippen LogP contribution is -2.48. The molecule has 14 heavy (non-hydrogen) atoms. The van der Waals surface area contributed by atoms with Crippen LogP contribution in [0.25, 0.3) is 0 Å². The van der Waals surface area contributed by atoms with Crippen molar-refractivity contribution in [3.8, 4) is 0 Å². The Morgan fingerprint density at radius 2 is 1.71 bits per heavy atom. The van der Waals surface area contributed by atoms with Crippen molar-refractivity contribution in [2.75, 3.05) is 6.54 Å². The molecule has 3 aliphatic rings. The zero-order valence-corrected chi connectivity index (χ0v) is 8.78. The highest BCUT2D eigenvalue weighted by Gasteiger charge is 2.46. The highest BCUT2D eigenvalue weighted by molar-refractivity contribution is 4.99. The topological polar surface area (TPSA) is 32.3 Å². The molecule has 3 rings (SSSR count). The molecule has 1 saturated heterocycles. The predicted octanol–water partition coefficient (Wildman–Crippen LogP) is 1.54. The van der Waals surface area contributed by atoms with E-state index in [1.54, 1.807) is 0 Å². The number of hydrogen-bond donors (Lipinski definition) is 2. The second-order valence-corrected chi connectivity index (χ2v) is 5.43. The zero-order chi connectivity index (χ0) is 9.54. The Hall–Kier alpha value is -0.0800. The van der Waals surface area contributed by atoms with Gasteiger partial charge in [0.2, 0.25) is 0 Å². The van der Waals surface area contributed by atoms with Gasteiger partial charge in [-0.3, -0.25) is 0 Å². The molecule has 3 unspecified atom stereocenters. The molecule has 2 aliphatic carbocycles. The van der Waals surface area contributed by atoms with Crippen molar-refractivity contribution in [3.63, 3.8) is 0 Å². The zero-order valence-electron chi connectivity index (χ0n) is 8.78. The Kier molecular flexibility index (Phi) is 2.29. The number of aliphatic hydroxyl groups excluding tert-OH is 1. The highest BCUT2D eigenvalue weighted by atomic mass is 16.3. The second kappa shape index (κ2) is 3.49. The first-order chi connectivity index (χ1) is 6.86. The molecule has 0 radical (unpaired) electrons. The fourth-order valence-electron chi connectivity index (χ4n) is 4.19. The van der Waals surface area contributed by atoms with E-state index < -0.39 is 0 Å². The van der Waals surface area contributed by atoms with Crippen LogP contribution >= 0.6 is 0 Å². The molecule has 0 bridgehead atoms. The molecule has 2 N–H and O–H groups in total. The van der Waals surface area contributed by atoms with Gasteiger partial charge in [0, 0.05) is 6.04 Å². The SMILES string of the molecule is OC1CC2NCC[C@@H]2C2CCCC[C@H]12. The summed E-state index contributed by atoms with van der Waals surface area (Å²) in [5, 5.41) is 13.7.